The van der Waals surface area contributed by atoms with Gasteiger partial charge in [0.1, 0.15) is 12.4 Å². The van der Waals surface area contributed by atoms with Crippen molar-refractivity contribution in [3.8, 4) is 5.75 Å². The SMILES string of the molecule is C=CCOc1ccccc1CNC(C)(C)CO.Cl. The van der Waals surface area contributed by atoms with Gasteiger partial charge in [0.2, 0.25) is 0 Å². The maximum Gasteiger partial charge on any atom is 0.124 e. The minimum absolute atomic E-state index is 0. The molecule has 0 atom stereocenters. The highest BCUT2D eigenvalue weighted by molar-refractivity contribution is 5.85. The van der Waals surface area contributed by atoms with Crippen molar-refractivity contribution in [2.24, 2.45) is 0 Å². The van der Waals surface area contributed by atoms with Gasteiger partial charge in [0, 0.05) is 17.6 Å². The number of benzene rings is 1. The summed E-state index contributed by atoms with van der Waals surface area (Å²) in [7, 11) is 0. The topological polar surface area (TPSA) is 41.5 Å². The Morgan fingerprint density at radius 3 is 2.67 bits per heavy atom. The first-order valence-corrected chi connectivity index (χ1v) is 5.76. The molecule has 102 valence electrons. The molecule has 0 aliphatic carbocycles. The van der Waals surface area contributed by atoms with Gasteiger partial charge in [-0.1, -0.05) is 30.9 Å². The van der Waals surface area contributed by atoms with E-state index in [9.17, 15) is 5.11 Å². The van der Waals surface area contributed by atoms with Gasteiger partial charge < -0.3 is 15.2 Å². The predicted molar refractivity (Wildman–Crippen MR) is 77.4 cm³/mol. The molecule has 0 spiro atoms. The average Bonchev–Trinajstić information content (AvgIpc) is 2.35. The van der Waals surface area contributed by atoms with E-state index in [0.29, 0.717) is 13.2 Å². The van der Waals surface area contributed by atoms with Crippen molar-refractivity contribution in [2.45, 2.75) is 25.9 Å². The number of hydrogen-bond donors (Lipinski definition) is 2. The minimum Gasteiger partial charge on any atom is -0.489 e. The first-order chi connectivity index (χ1) is 8.09. The van der Waals surface area contributed by atoms with E-state index in [2.05, 4.69) is 11.9 Å². The molecular formula is C14H22ClNO2. The van der Waals surface area contributed by atoms with E-state index in [1.54, 1.807) is 6.08 Å². The van der Waals surface area contributed by atoms with Crippen LogP contribution in [0, 0.1) is 0 Å². The quantitative estimate of drug-likeness (QED) is 0.749. The molecule has 0 aliphatic rings. The summed E-state index contributed by atoms with van der Waals surface area (Å²) >= 11 is 0. The van der Waals surface area contributed by atoms with Crippen LogP contribution in [0.5, 0.6) is 5.75 Å². The molecule has 0 fully saturated rings. The van der Waals surface area contributed by atoms with Gasteiger partial charge in [0.15, 0.2) is 0 Å². The van der Waals surface area contributed by atoms with Gasteiger partial charge in [0.05, 0.1) is 6.61 Å². The number of hydrogen-bond acceptors (Lipinski definition) is 3. The molecular weight excluding hydrogens is 250 g/mol. The maximum absolute atomic E-state index is 9.18. The summed E-state index contributed by atoms with van der Waals surface area (Å²) in [5.41, 5.74) is 0.793. The van der Waals surface area contributed by atoms with Crippen molar-refractivity contribution in [1.29, 1.82) is 0 Å². The Morgan fingerprint density at radius 2 is 2.06 bits per heavy atom. The summed E-state index contributed by atoms with van der Waals surface area (Å²) in [6, 6.07) is 7.87. The third-order valence-electron chi connectivity index (χ3n) is 2.48. The second-order valence-electron chi connectivity index (χ2n) is 4.60. The van der Waals surface area contributed by atoms with Crippen LogP contribution in [0.2, 0.25) is 0 Å². The lowest BCUT2D eigenvalue weighted by Gasteiger charge is -2.24. The number of para-hydroxylation sites is 1. The van der Waals surface area contributed by atoms with Crippen molar-refractivity contribution in [3.05, 3.63) is 42.5 Å². The van der Waals surface area contributed by atoms with Gasteiger partial charge in [-0.3, -0.25) is 0 Å². The summed E-state index contributed by atoms with van der Waals surface area (Å²) in [5.74, 6) is 0.855. The molecule has 0 radical (unpaired) electrons. The van der Waals surface area contributed by atoms with Crippen LogP contribution in [-0.4, -0.2) is 23.9 Å². The number of aliphatic hydroxyl groups excluding tert-OH is 1. The molecule has 1 rings (SSSR count). The van der Waals surface area contributed by atoms with E-state index < -0.39 is 0 Å². The number of rotatable bonds is 7. The molecule has 0 amide bonds. The highest BCUT2D eigenvalue weighted by Gasteiger charge is 2.15. The zero-order valence-electron chi connectivity index (χ0n) is 11.0. The van der Waals surface area contributed by atoms with E-state index in [1.165, 1.54) is 0 Å². The molecule has 0 bridgehead atoms. The van der Waals surface area contributed by atoms with Crippen LogP contribution in [0.4, 0.5) is 0 Å². The van der Waals surface area contributed by atoms with Crippen LogP contribution in [0.3, 0.4) is 0 Å². The van der Waals surface area contributed by atoms with Crippen LogP contribution in [0.15, 0.2) is 36.9 Å². The first-order valence-electron chi connectivity index (χ1n) is 5.76. The van der Waals surface area contributed by atoms with Gasteiger partial charge in [-0.15, -0.1) is 12.4 Å². The van der Waals surface area contributed by atoms with Crippen LogP contribution in [-0.2, 0) is 6.54 Å². The zero-order valence-corrected chi connectivity index (χ0v) is 11.8. The fourth-order valence-electron chi connectivity index (χ4n) is 1.33. The molecule has 4 heteroatoms. The van der Waals surface area contributed by atoms with Crippen LogP contribution < -0.4 is 10.1 Å². The van der Waals surface area contributed by atoms with E-state index in [1.807, 2.05) is 38.1 Å². The second-order valence-corrected chi connectivity index (χ2v) is 4.60. The lowest BCUT2D eigenvalue weighted by Crippen LogP contribution is -2.42. The van der Waals surface area contributed by atoms with Crippen molar-refractivity contribution < 1.29 is 9.84 Å². The summed E-state index contributed by atoms with van der Waals surface area (Å²) < 4.78 is 5.56. The van der Waals surface area contributed by atoms with Crippen molar-refractivity contribution in [3.63, 3.8) is 0 Å². The Kier molecular flexibility index (Phi) is 7.67. The van der Waals surface area contributed by atoms with E-state index in [-0.39, 0.29) is 24.6 Å². The van der Waals surface area contributed by atoms with Crippen LogP contribution >= 0.6 is 12.4 Å². The molecule has 0 saturated heterocycles. The molecule has 2 N–H and O–H groups in total. The molecule has 0 heterocycles. The summed E-state index contributed by atoms with van der Waals surface area (Å²) in [6.07, 6.45) is 1.72. The van der Waals surface area contributed by atoms with Crippen molar-refractivity contribution >= 4 is 12.4 Å². The molecule has 0 saturated carbocycles. The summed E-state index contributed by atoms with van der Waals surface area (Å²) in [5, 5.41) is 12.5. The molecule has 1 aromatic rings. The van der Waals surface area contributed by atoms with Gasteiger partial charge in [-0.25, -0.2) is 0 Å². The maximum atomic E-state index is 9.18. The third-order valence-corrected chi connectivity index (χ3v) is 2.48. The van der Waals surface area contributed by atoms with Gasteiger partial charge in [-0.2, -0.15) is 0 Å². The number of halogens is 1. The second kappa shape index (κ2) is 8.14. The normalized spacial score (nSPS) is 10.6. The molecule has 1 aromatic carbocycles. The van der Waals surface area contributed by atoms with Gasteiger partial charge in [-0.05, 0) is 19.9 Å². The first kappa shape index (κ1) is 17.0. The largest absolute Gasteiger partial charge is 0.489 e. The number of ether oxygens (including phenoxy) is 1. The lowest BCUT2D eigenvalue weighted by molar-refractivity contribution is 0.187. The molecule has 0 aromatic heterocycles. The highest BCUT2D eigenvalue weighted by atomic mass is 35.5. The molecule has 3 nitrogen and oxygen atoms in total. The van der Waals surface area contributed by atoms with Crippen molar-refractivity contribution in [2.75, 3.05) is 13.2 Å². The lowest BCUT2D eigenvalue weighted by atomic mass is 10.1. The monoisotopic (exact) mass is 271 g/mol. The van der Waals surface area contributed by atoms with E-state index >= 15 is 0 Å². The Morgan fingerprint density at radius 1 is 1.39 bits per heavy atom. The summed E-state index contributed by atoms with van der Waals surface area (Å²) in [6.45, 7) is 8.82. The standard InChI is InChI=1S/C14H21NO2.ClH/c1-4-9-17-13-8-6-5-7-12(13)10-15-14(2,3)11-16;/h4-8,15-16H,1,9-11H2,2-3H3;1H. The minimum atomic E-state index is -0.286. The average molecular weight is 272 g/mol. The highest BCUT2D eigenvalue weighted by Crippen LogP contribution is 2.18. The summed E-state index contributed by atoms with van der Waals surface area (Å²) in [4.78, 5) is 0. The third kappa shape index (κ3) is 5.54. The van der Waals surface area contributed by atoms with Crippen molar-refractivity contribution in [1.82, 2.24) is 5.32 Å². The smallest absolute Gasteiger partial charge is 0.124 e. The predicted octanol–water partition coefficient (Wildman–Crippen LogP) is 2.53. The van der Waals surface area contributed by atoms with Crippen LogP contribution in [0.25, 0.3) is 0 Å². The molecule has 18 heavy (non-hydrogen) atoms. The fraction of sp³-hybridized carbons (Fsp3) is 0.429. The number of nitrogens with one attached hydrogen (secondary N) is 1. The Bertz CT molecular complexity index is 367. The van der Waals surface area contributed by atoms with E-state index in [0.717, 1.165) is 11.3 Å². The molecule has 0 unspecified atom stereocenters. The Hall–Kier alpha value is -1.03. The van der Waals surface area contributed by atoms with Gasteiger partial charge >= 0.3 is 0 Å². The number of aliphatic hydroxyl groups is 1. The Balaban J connectivity index is 0.00000289. The Labute approximate surface area is 115 Å². The fourth-order valence-corrected chi connectivity index (χ4v) is 1.33. The molecule has 0 aliphatic heterocycles. The van der Waals surface area contributed by atoms with Gasteiger partial charge in [0.25, 0.3) is 0 Å². The van der Waals surface area contributed by atoms with E-state index in [4.69, 9.17) is 4.74 Å². The van der Waals surface area contributed by atoms with Crippen LogP contribution in [0.1, 0.15) is 19.4 Å². The zero-order chi connectivity index (χ0) is 12.7.